The molecule has 0 spiro atoms. The van der Waals surface area contributed by atoms with Crippen LogP contribution >= 0.6 is 28.7 Å². The van der Waals surface area contributed by atoms with Crippen LogP contribution in [0.2, 0.25) is 0 Å². The van der Waals surface area contributed by atoms with E-state index in [-0.39, 0.29) is 29.5 Å². The number of nitrogens with zero attached hydrogens (tertiary/aromatic N) is 1. The molecule has 0 radical (unpaired) electrons. The van der Waals surface area contributed by atoms with Crippen molar-refractivity contribution < 1.29 is 19.0 Å². The van der Waals surface area contributed by atoms with Crippen molar-refractivity contribution in [3.8, 4) is 17.2 Å². The fourth-order valence-corrected chi connectivity index (χ4v) is 5.68. The van der Waals surface area contributed by atoms with Crippen molar-refractivity contribution in [2.24, 2.45) is 0 Å². The molecule has 1 heterocycles. The maximum absolute atomic E-state index is 12.7. The van der Waals surface area contributed by atoms with Crippen molar-refractivity contribution in [1.29, 1.82) is 0 Å². The maximum Gasteiger partial charge on any atom is 0.262 e. The minimum atomic E-state index is -0.203. The molecule has 234 valence electrons. The zero-order chi connectivity index (χ0) is 29.1. The first-order valence-corrected chi connectivity index (χ1v) is 16.4. The van der Waals surface area contributed by atoms with Gasteiger partial charge in [-0.25, -0.2) is 0 Å². The molecule has 0 atom stereocenters. The number of nitrogens with one attached hydrogen (secondary N) is 1. The van der Waals surface area contributed by atoms with Crippen LogP contribution in [0.15, 0.2) is 53.6 Å². The number of allylic oxidation sites excluding steroid dienone is 1. The molecule has 2 aromatic rings. The highest BCUT2D eigenvalue weighted by atomic mass is 79.9. The highest BCUT2D eigenvalue weighted by Gasteiger charge is 2.14. The first-order chi connectivity index (χ1) is 20.1. The summed E-state index contributed by atoms with van der Waals surface area (Å²) in [4.78, 5) is 16.2. The van der Waals surface area contributed by atoms with Gasteiger partial charge in [-0.15, -0.1) is 28.7 Å². The highest BCUT2D eigenvalue weighted by molar-refractivity contribution is 8.93. The van der Waals surface area contributed by atoms with Gasteiger partial charge >= 0.3 is 0 Å². The van der Waals surface area contributed by atoms with Gasteiger partial charge in [0, 0.05) is 24.5 Å². The molecular formula is C34H51BrN2O4S. The summed E-state index contributed by atoms with van der Waals surface area (Å²) in [6.07, 6.45) is 18.0. The summed E-state index contributed by atoms with van der Waals surface area (Å²) in [6.45, 7) is 5.71. The van der Waals surface area contributed by atoms with Crippen LogP contribution in [0.4, 0.5) is 5.69 Å². The Balaban J connectivity index is 0.00000616. The second kappa shape index (κ2) is 21.4. The van der Waals surface area contributed by atoms with Crippen LogP contribution in [-0.4, -0.2) is 37.0 Å². The third kappa shape index (κ3) is 13.8. The van der Waals surface area contributed by atoms with Crippen molar-refractivity contribution in [2.45, 2.75) is 97.4 Å². The number of carbonyl (C=O) groups is 1. The molecule has 0 aliphatic carbocycles. The maximum atomic E-state index is 12.7. The molecule has 0 saturated heterocycles. The Labute approximate surface area is 268 Å². The summed E-state index contributed by atoms with van der Waals surface area (Å²) in [6, 6.07) is 13.4. The summed E-state index contributed by atoms with van der Waals surface area (Å²) in [7, 11) is 1.62. The number of anilines is 1. The number of ether oxygens (including phenoxy) is 3. The van der Waals surface area contributed by atoms with Crippen molar-refractivity contribution in [3.05, 3.63) is 59.1 Å². The predicted octanol–water partition coefficient (Wildman–Crippen LogP) is 9.74. The summed E-state index contributed by atoms with van der Waals surface area (Å²) < 4.78 is 17.3. The number of rotatable bonds is 21. The van der Waals surface area contributed by atoms with Crippen molar-refractivity contribution in [1.82, 2.24) is 4.90 Å². The Morgan fingerprint density at radius 2 is 1.55 bits per heavy atom. The van der Waals surface area contributed by atoms with Crippen LogP contribution < -0.4 is 19.5 Å². The Bertz CT molecular complexity index is 1080. The van der Waals surface area contributed by atoms with E-state index in [4.69, 9.17) is 14.2 Å². The van der Waals surface area contributed by atoms with E-state index in [0.717, 1.165) is 30.1 Å². The number of halogens is 1. The molecule has 8 heteroatoms. The number of unbranched alkanes of at least 4 members (excludes halogenated alkanes) is 11. The molecule has 0 fully saturated rings. The van der Waals surface area contributed by atoms with Gasteiger partial charge in [-0.2, -0.15) is 0 Å². The van der Waals surface area contributed by atoms with Gasteiger partial charge < -0.3 is 24.4 Å². The zero-order valence-electron chi connectivity index (χ0n) is 25.8. The van der Waals surface area contributed by atoms with Gasteiger partial charge in [0.15, 0.2) is 18.1 Å². The molecule has 6 nitrogen and oxygen atoms in total. The number of hydrogen-bond donors (Lipinski definition) is 1. The monoisotopic (exact) mass is 662 g/mol. The molecule has 1 aliphatic heterocycles. The van der Waals surface area contributed by atoms with Crippen LogP contribution in [0.3, 0.4) is 0 Å². The van der Waals surface area contributed by atoms with E-state index < -0.39 is 0 Å². The number of methoxy groups -OCH3 is 1. The summed E-state index contributed by atoms with van der Waals surface area (Å²) in [5.41, 5.74) is 1.88. The number of amides is 1. The number of hydrogen-bond acceptors (Lipinski definition) is 6. The van der Waals surface area contributed by atoms with Crippen molar-refractivity contribution in [2.75, 3.05) is 31.5 Å². The topological polar surface area (TPSA) is 60.0 Å². The van der Waals surface area contributed by atoms with Gasteiger partial charge in [0.1, 0.15) is 5.75 Å². The molecule has 0 unspecified atom stereocenters. The number of para-hydroxylation sites is 1. The molecule has 42 heavy (non-hydrogen) atoms. The highest BCUT2D eigenvalue weighted by Crippen LogP contribution is 2.32. The molecule has 0 saturated carbocycles. The second-order valence-electron chi connectivity index (χ2n) is 10.8. The van der Waals surface area contributed by atoms with Crippen LogP contribution in [0.5, 0.6) is 17.2 Å². The lowest BCUT2D eigenvalue weighted by Gasteiger charge is -2.18. The normalized spacial score (nSPS) is 12.5. The fourth-order valence-electron chi connectivity index (χ4n) is 4.92. The van der Waals surface area contributed by atoms with E-state index in [1.165, 1.54) is 75.5 Å². The van der Waals surface area contributed by atoms with Gasteiger partial charge in [-0.3, -0.25) is 4.79 Å². The average Bonchev–Trinajstić information content (AvgIpc) is 3.40. The van der Waals surface area contributed by atoms with Gasteiger partial charge in [-0.1, -0.05) is 95.8 Å². The number of carbonyl (C=O) groups excluding carboxylic acids is 1. The summed E-state index contributed by atoms with van der Waals surface area (Å²) in [5, 5.41) is 3.00. The first kappa shape index (κ1) is 35.9. The molecule has 3 rings (SSSR count). The molecule has 1 aliphatic rings. The van der Waals surface area contributed by atoms with E-state index in [2.05, 4.69) is 30.3 Å². The van der Waals surface area contributed by atoms with Gasteiger partial charge in [0.2, 0.25) is 0 Å². The van der Waals surface area contributed by atoms with E-state index in [0.29, 0.717) is 23.9 Å². The summed E-state index contributed by atoms with van der Waals surface area (Å²) >= 11 is 1.83. The average molecular weight is 664 g/mol. The van der Waals surface area contributed by atoms with Gasteiger partial charge in [-0.05, 0) is 42.0 Å². The predicted molar refractivity (Wildman–Crippen MR) is 182 cm³/mol. The molecule has 2 aromatic carbocycles. The molecule has 1 N–H and O–H groups in total. The number of benzene rings is 2. The SMILES string of the molecule is Br.CCCCCCCCCCCCCCOc1ccc(OCC(=O)Nc2ccccc2CN2C=C(C)SC2)cc1OC. The smallest absolute Gasteiger partial charge is 0.262 e. The van der Waals surface area contributed by atoms with Gasteiger partial charge in [0.25, 0.3) is 5.91 Å². The minimum Gasteiger partial charge on any atom is -0.493 e. The van der Waals surface area contributed by atoms with Crippen LogP contribution in [0, 0.1) is 0 Å². The van der Waals surface area contributed by atoms with Crippen molar-refractivity contribution in [3.63, 3.8) is 0 Å². The lowest BCUT2D eigenvalue weighted by molar-refractivity contribution is -0.118. The molecular weight excluding hydrogens is 612 g/mol. The largest absolute Gasteiger partial charge is 0.493 e. The summed E-state index contributed by atoms with van der Waals surface area (Å²) in [5.74, 6) is 2.60. The third-order valence-corrected chi connectivity index (χ3v) is 8.27. The number of thioether (sulfide) groups is 1. The van der Waals surface area contributed by atoms with Gasteiger partial charge in [0.05, 0.1) is 19.6 Å². The Morgan fingerprint density at radius 3 is 2.19 bits per heavy atom. The third-order valence-electron chi connectivity index (χ3n) is 7.25. The van der Waals surface area contributed by atoms with Crippen LogP contribution in [0.25, 0.3) is 0 Å². The van der Waals surface area contributed by atoms with Crippen LogP contribution in [0.1, 0.15) is 96.5 Å². The van der Waals surface area contributed by atoms with Crippen molar-refractivity contribution >= 4 is 40.3 Å². The fraction of sp³-hybridized carbons (Fsp3) is 0.559. The Morgan fingerprint density at radius 1 is 0.881 bits per heavy atom. The standard InChI is InChI=1S/C34H50N2O4S.BrH/c1-4-5-6-7-8-9-10-11-12-13-14-17-22-39-32-21-20-30(23-33(32)38-3)40-26-34(37)35-31-19-16-15-18-29(31)25-36-24-28(2)41-27-36;/h15-16,18-21,23-24H,4-14,17,22,25-27H2,1-3H3,(H,35,37);1H. The lowest BCUT2D eigenvalue weighted by atomic mass is 10.1. The quantitative estimate of drug-likeness (QED) is 0.134. The van der Waals surface area contributed by atoms with E-state index >= 15 is 0 Å². The zero-order valence-corrected chi connectivity index (χ0v) is 28.4. The lowest BCUT2D eigenvalue weighted by Crippen LogP contribution is -2.22. The van der Waals surface area contributed by atoms with Crippen LogP contribution in [-0.2, 0) is 11.3 Å². The Kier molecular flexibility index (Phi) is 18.3. The van der Waals surface area contributed by atoms with E-state index in [9.17, 15) is 4.79 Å². The van der Waals surface area contributed by atoms with E-state index in [1.807, 2.05) is 48.2 Å². The van der Waals surface area contributed by atoms with E-state index in [1.54, 1.807) is 13.2 Å². The molecule has 1 amide bonds. The first-order valence-electron chi connectivity index (χ1n) is 15.5. The Hall–Kier alpha value is -2.32. The molecule has 0 aromatic heterocycles. The minimum absolute atomic E-state index is 0. The molecule has 0 bridgehead atoms. The second-order valence-corrected chi connectivity index (χ2v) is 12.0.